The van der Waals surface area contributed by atoms with E-state index >= 15 is 0 Å². The first kappa shape index (κ1) is 13.3. The van der Waals surface area contributed by atoms with Crippen LogP contribution in [0.25, 0.3) is 0 Å². The number of rotatable bonds is 5. The highest BCUT2D eigenvalue weighted by atomic mass is 16.5. The van der Waals surface area contributed by atoms with Crippen LogP contribution in [0.15, 0.2) is 10.6 Å². The van der Waals surface area contributed by atoms with Crippen molar-refractivity contribution in [3.05, 3.63) is 17.5 Å². The van der Waals surface area contributed by atoms with Crippen molar-refractivity contribution in [1.29, 1.82) is 0 Å². The fourth-order valence-corrected chi connectivity index (χ4v) is 3.17. The Labute approximate surface area is 125 Å². The van der Waals surface area contributed by atoms with Crippen LogP contribution in [-0.2, 0) is 11.3 Å². The van der Waals surface area contributed by atoms with Gasteiger partial charge < -0.3 is 9.84 Å². The molecule has 0 spiro atoms. The van der Waals surface area contributed by atoms with Gasteiger partial charge in [-0.3, -0.25) is 9.69 Å². The third-order valence-corrected chi connectivity index (χ3v) is 4.74. The maximum Gasteiger partial charge on any atom is 0.223 e. The number of hydrogen-bond donors (Lipinski definition) is 1. The number of nitrogens with one attached hydrogen (secondary N) is 1. The molecule has 1 aromatic heterocycles. The van der Waals surface area contributed by atoms with Crippen LogP contribution in [0.4, 0.5) is 0 Å². The normalized spacial score (nSPS) is 26.8. The standard InChI is InChI=1S/C16H23N3O2/c20-16(12-5-6-12)17-13-2-1-7-19(9-13)10-14-8-15(21-18-14)11-3-4-11/h8,11-13H,1-7,9-10H2,(H,17,20). The summed E-state index contributed by atoms with van der Waals surface area (Å²) in [4.78, 5) is 14.3. The fraction of sp³-hybridized carbons (Fsp3) is 0.750. The lowest BCUT2D eigenvalue weighted by atomic mass is 10.1. The summed E-state index contributed by atoms with van der Waals surface area (Å²) in [5.74, 6) is 2.25. The quantitative estimate of drug-likeness (QED) is 0.901. The van der Waals surface area contributed by atoms with E-state index in [9.17, 15) is 4.79 Å². The number of likely N-dealkylation sites (tertiary alicyclic amines) is 1. The van der Waals surface area contributed by atoms with Crippen LogP contribution in [0.2, 0.25) is 0 Å². The van der Waals surface area contributed by atoms with Gasteiger partial charge in [-0.25, -0.2) is 0 Å². The van der Waals surface area contributed by atoms with Gasteiger partial charge in [0.25, 0.3) is 0 Å². The van der Waals surface area contributed by atoms with Crippen LogP contribution in [0.5, 0.6) is 0 Å². The van der Waals surface area contributed by atoms with E-state index in [1.165, 1.54) is 12.8 Å². The zero-order valence-corrected chi connectivity index (χ0v) is 12.4. The van der Waals surface area contributed by atoms with E-state index in [4.69, 9.17) is 4.52 Å². The Bertz CT molecular complexity index is 519. The van der Waals surface area contributed by atoms with Crippen molar-refractivity contribution >= 4 is 5.91 Å². The summed E-state index contributed by atoms with van der Waals surface area (Å²) >= 11 is 0. The van der Waals surface area contributed by atoms with Gasteiger partial charge in [0, 0.05) is 37.0 Å². The number of nitrogens with zero attached hydrogens (tertiary/aromatic N) is 2. The number of amides is 1. The SMILES string of the molecule is O=C(NC1CCCN(Cc2cc(C3CC3)on2)C1)C1CC1. The van der Waals surface area contributed by atoms with Crippen molar-refractivity contribution in [3.63, 3.8) is 0 Å². The molecular weight excluding hydrogens is 266 g/mol. The van der Waals surface area contributed by atoms with Crippen LogP contribution in [-0.4, -0.2) is 35.1 Å². The summed E-state index contributed by atoms with van der Waals surface area (Å²) in [6.45, 7) is 2.86. The number of aromatic nitrogens is 1. The van der Waals surface area contributed by atoms with Gasteiger partial charge >= 0.3 is 0 Å². The molecule has 4 rings (SSSR count). The molecule has 1 aromatic rings. The van der Waals surface area contributed by atoms with Crippen LogP contribution < -0.4 is 5.32 Å². The summed E-state index contributed by atoms with van der Waals surface area (Å²) in [5, 5.41) is 7.40. The van der Waals surface area contributed by atoms with Gasteiger partial charge in [-0.1, -0.05) is 5.16 Å². The molecule has 1 amide bonds. The van der Waals surface area contributed by atoms with Crippen LogP contribution in [0.1, 0.15) is 55.9 Å². The second-order valence-electron chi connectivity index (χ2n) is 6.85. The molecule has 0 bridgehead atoms. The maximum atomic E-state index is 11.9. The Balaban J connectivity index is 1.30. The number of piperidine rings is 1. The van der Waals surface area contributed by atoms with Gasteiger partial charge in [-0.05, 0) is 45.1 Å². The zero-order chi connectivity index (χ0) is 14.2. The molecule has 2 saturated carbocycles. The first-order valence-electron chi connectivity index (χ1n) is 8.26. The zero-order valence-electron chi connectivity index (χ0n) is 12.4. The predicted molar refractivity (Wildman–Crippen MR) is 77.6 cm³/mol. The molecule has 1 N–H and O–H groups in total. The molecule has 1 unspecified atom stereocenters. The lowest BCUT2D eigenvalue weighted by molar-refractivity contribution is -0.123. The molecule has 2 aliphatic carbocycles. The Kier molecular flexibility index (Phi) is 3.45. The number of carbonyl (C=O) groups excluding carboxylic acids is 1. The molecule has 0 aromatic carbocycles. The number of hydrogen-bond acceptors (Lipinski definition) is 4. The molecule has 1 atom stereocenters. The van der Waals surface area contributed by atoms with E-state index in [1.807, 2.05) is 0 Å². The molecule has 5 heteroatoms. The van der Waals surface area contributed by atoms with E-state index in [1.54, 1.807) is 0 Å². The largest absolute Gasteiger partial charge is 0.361 e. The number of carbonyl (C=O) groups is 1. The summed E-state index contributed by atoms with van der Waals surface area (Å²) in [6.07, 6.45) is 6.88. The van der Waals surface area contributed by atoms with E-state index in [0.29, 0.717) is 17.9 Å². The lowest BCUT2D eigenvalue weighted by Gasteiger charge is -2.32. The van der Waals surface area contributed by atoms with Gasteiger partial charge in [0.1, 0.15) is 5.76 Å². The van der Waals surface area contributed by atoms with Gasteiger partial charge in [-0.2, -0.15) is 0 Å². The van der Waals surface area contributed by atoms with E-state index < -0.39 is 0 Å². The fourth-order valence-electron chi connectivity index (χ4n) is 3.17. The highest BCUT2D eigenvalue weighted by molar-refractivity contribution is 5.81. The smallest absolute Gasteiger partial charge is 0.223 e. The van der Waals surface area contributed by atoms with Crippen molar-refractivity contribution in [1.82, 2.24) is 15.4 Å². The second kappa shape index (κ2) is 5.44. The van der Waals surface area contributed by atoms with Gasteiger partial charge in [0.15, 0.2) is 0 Å². The van der Waals surface area contributed by atoms with Crippen LogP contribution in [0.3, 0.4) is 0 Å². The Morgan fingerprint density at radius 3 is 2.95 bits per heavy atom. The summed E-state index contributed by atoms with van der Waals surface area (Å²) in [6, 6.07) is 2.42. The van der Waals surface area contributed by atoms with E-state index in [0.717, 1.165) is 56.8 Å². The highest BCUT2D eigenvalue weighted by Gasteiger charge is 2.32. The van der Waals surface area contributed by atoms with Crippen LogP contribution in [0, 0.1) is 5.92 Å². The first-order valence-corrected chi connectivity index (χ1v) is 8.26. The molecule has 3 aliphatic rings. The molecule has 21 heavy (non-hydrogen) atoms. The van der Waals surface area contributed by atoms with Crippen molar-refractivity contribution in [2.75, 3.05) is 13.1 Å². The molecule has 5 nitrogen and oxygen atoms in total. The van der Waals surface area contributed by atoms with Gasteiger partial charge in [0.2, 0.25) is 5.91 Å². The first-order chi connectivity index (χ1) is 10.3. The van der Waals surface area contributed by atoms with E-state index in [-0.39, 0.29) is 5.91 Å². The van der Waals surface area contributed by atoms with Crippen LogP contribution >= 0.6 is 0 Å². The van der Waals surface area contributed by atoms with E-state index in [2.05, 4.69) is 21.4 Å². The average molecular weight is 289 g/mol. The van der Waals surface area contributed by atoms with Gasteiger partial charge in [0.05, 0.1) is 5.69 Å². The highest BCUT2D eigenvalue weighted by Crippen LogP contribution is 2.40. The molecule has 3 fully saturated rings. The minimum Gasteiger partial charge on any atom is -0.361 e. The lowest BCUT2D eigenvalue weighted by Crippen LogP contribution is -2.47. The van der Waals surface area contributed by atoms with Crippen molar-refractivity contribution in [2.45, 2.75) is 57.0 Å². The minimum absolute atomic E-state index is 0.263. The van der Waals surface area contributed by atoms with Gasteiger partial charge in [-0.15, -0.1) is 0 Å². The Hall–Kier alpha value is -1.36. The molecular formula is C16H23N3O2. The summed E-state index contributed by atoms with van der Waals surface area (Å²) < 4.78 is 5.41. The Morgan fingerprint density at radius 1 is 1.33 bits per heavy atom. The minimum atomic E-state index is 0.263. The molecule has 0 radical (unpaired) electrons. The Morgan fingerprint density at radius 2 is 2.19 bits per heavy atom. The predicted octanol–water partition coefficient (Wildman–Crippen LogP) is 2.04. The molecule has 114 valence electrons. The third-order valence-electron chi connectivity index (χ3n) is 4.74. The third kappa shape index (κ3) is 3.28. The molecule has 1 aliphatic heterocycles. The topological polar surface area (TPSA) is 58.4 Å². The van der Waals surface area contributed by atoms with Crippen molar-refractivity contribution in [2.24, 2.45) is 5.92 Å². The monoisotopic (exact) mass is 289 g/mol. The molecule has 1 saturated heterocycles. The average Bonchev–Trinajstić information content (AvgIpc) is 3.38. The van der Waals surface area contributed by atoms with Crippen molar-refractivity contribution in [3.8, 4) is 0 Å². The second-order valence-corrected chi connectivity index (χ2v) is 6.85. The van der Waals surface area contributed by atoms with Crippen molar-refractivity contribution < 1.29 is 9.32 Å². The summed E-state index contributed by atoms with van der Waals surface area (Å²) in [7, 11) is 0. The summed E-state index contributed by atoms with van der Waals surface area (Å²) in [5.41, 5.74) is 1.03. The molecule has 2 heterocycles. The maximum absolute atomic E-state index is 11.9.